The van der Waals surface area contributed by atoms with Gasteiger partial charge in [0.25, 0.3) is 0 Å². The van der Waals surface area contributed by atoms with Gasteiger partial charge in [0, 0.05) is 18.1 Å². The molecule has 0 spiro atoms. The van der Waals surface area contributed by atoms with E-state index in [9.17, 15) is 9.90 Å². The molecule has 0 aromatic carbocycles. The van der Waals surface area contributed by atoms with Gasteiger partial charge in [-0.25, -0.2) is 0 Å². The maximum atomic E-state index is 10.9. The molecule has 18 heavy (non-hydrogen) atoms. The van der Waals surface area contributed by atoms with Crippen molar-refractivity contribution in [1.82, 2.24) is 0 Å². The fourth-order valence-corrected chi connectivity index (χ4v) is 4.01. The molecule has 2 aliphatic rings. The van der Waals surface area contributed by atoms with E-state index in [0.717, 1.165) is 25.2 Å². The summed E-state index contributed by atoms with van der Waals surface area (Å²) in [6.45, 7) is 0.871. The number of hydrogen-bond acceptors (Lipinski definition) is 4. The molecule has 0 amide bonds. The molecule has 0 radical (unpaired) electrons. The van der Waals surface area contributed by atoms with Crippen LogP contribution in [0, 0.1) is 5.92 Å². The standard InChI is InChI=1S/C13H22O4S/c14-12(15)10-3-5-13(16,6-4-10)9-18-8-11-2-1-7-17-11/h10-11,16H,1-9H2,(H,14,15). The molecule has 1 aliphatic heterocycles. The van der Waals surface area contributed by atoms with Gasteiger partial charge in [-0.3, -0.25) is 4.79 Å². The zero-order valence-electron chi connectivity index (χ0n) is 10.6. The first-order chi connectivity index (χ1) is 8.59. The minimum Gasteiger partial charge on any atom is -0.481 e. The second-order valence-corrected chi connectivity index (χ2v) is 6.52. The Morgan fingerprint density at radius 2 is 2.06 bits per heavy atom. The highest BCUT2D eigenvalue weighted by Gasteiger charge is 2.35. The molecule has 1 unspecified atom stereocenters. The Hall–Kier alpha value is -0.260. The van der Waals surface area contributed by atoms with E-state index >= 15 is 0 Å². The first-order valence-electron chi connectivity index (χ1n) is 6.74. The molecule has 2 fully saturated rings. The Morgan fingerprint density at radius 1 is 1.33 bits per heavy atom. The summed E-state index contributed by atoms with van der Waals surface area (Å²) in [4.78, 5) is 10.9. The Balaban J connectivity index is 1.67. The van der Waals surface area contributed by atoms with E-state index in [4.69, 9.17) is 9.84 Å². The average Bonchev–Trinajstić information content (AvgIpc) is 2.82. The summed E-state index contributed by atoms with van der Waals surface area (Å²) < 4.78 is 5.54. The Kier molecular flexibility index (Phi) is 4.92. The van der Waals surface area contributed by atoms with Gasteiger partial charge in [0.1, 0.15) is 0 Å². The lowest BCUT2D eigenvalue weighted by Crippen LogP contribution is -2.38. The summed E-state index contributed by atoms with van der Waals surface area (Å²) in [5.74, 6) is 0.682. The minimum absolute atomic E-state index is 0.256. The van der Waals surface area contributed by atoms with Gasteiger partial charge < -0.3 is 14.9 Å². The van der Waals surface area contributed by atoms with Gasteiger partial charge in [0.15, 0.2) is 0 Å². The molecule has 1 aliphatic carbocycles. The van der Waals surface area contributed by atoms with Crippen LogP contribution in [-0.4, -0.2) is 46.0 Å². The minimum atomic E-state index is -0.718. The van der Waals surface area contributed by atoms with Crippen molar-refractivity contribution >= 4 is 17.7 Å². The van der Waals surface area contributed by atoms with Crippen LogP contribution in [-0.2, 0) is 9.53 Å². The molecule has 2 N–H and O–H groups in total. The van der Waals surface area contributed by atoms with E-state index in [1.165, 1.54) is 0 Å². The number of carboxylic acids is 1. The van der Waals surface area contributed by atoms with Crippen LogP contribution in [0.25, 0.3) is 0 Å². The summed E-state index contributed by atoms with van der Waals surface area (Å²) in [5.41, 5.74) is -0.658. The van der Waals surface area contributed by atoms with E-state index in [1.54, 1.807) is 11.8 Å². The molecular weight excluding hydrogens is 252 g/mol. The third-order valence-electron chi connectivity index (χ3n) is 3.96. The van der Waals surface area contributed by atoms with E-state index in [2.05, 4.69) is 0 Å². The predicted molar refractivity (Wildman–Crippen MR) is 70.8 cm³/mol. The molecular formula is C13H22O4S. The van der Waals surface area contributed by atoms with Crippen molar-refractivity contribution in [3.63, 3.8) is 0 Å². The lowest BCUT2D eigenvalue weighted by molar-refractivity contribution is -0.144. The maximum absolute atomic E-state index is 10.9. The monoisotopic (exact) mass is 274 g/mol. The van der Waals surface area contributed by atoms with Crippen molar-refractivity contribution in [3.05, 3.63) is 0 Å². The molecule has 1 saturated carbocycles. The lowest BCUT2D eigenvalue weighted by Gasteiger charge is -2.34. The van der Waals surface area contributed by atoms with Crippen molar-refractivity contribution in [2.24, 2.45) is 5.92 Å². The molecule has 4 nitrogen and oxygen atoms in total. The van der Waals surface area contributed by atoms with Gasteiger partial charge in [-0.2, -0.15) is 11.8 Å². The second-order valence-electron chi connectivity index (χ2n) is 5.49. The topological polar surface area (TPSA) is 66.8 Å². The van der Waals surface area contributed by atoms with E-state index in [-0.39, 0.29) is 5.92 Å². The van der Waals surface area contributed by atoms with Gasteiger partial charge >= 0.3 is 5.97 Å². The number of rotatable bonds is 5. The van der Waals surface area contributed by atoms with Crippen LogP contribution in [0.5, 0.6) is 0 Å². The van der Waals surface area contributed by atoms with Gasteiger partial charge in [-0.1, -0.05) is 0 Å². The van der Waals surface area contributed by atoms with Gasteiger partial charge in [0.05, 0.1) is 17.6 Å². The van der Waals surface area contributed by atoms with Crippen LogP contribution in [0.4, 0.5) is 0 Å². The predicted octanol–water partition coefficient (Wildman–Crippen LogP) is 1.90. The van der Waals surface area contributed by atoms with Crippen molar-refractivity contribution in [2.45, 2.75) is 50.2 Å². The number of aliphatic hydroxyl groups is 1. The van der Waals surface area contributed by atoms with Crippen molar-refractivity contribution in [3.8, 4) is 0 Å². The molecule has 1 heterocycles. The number of thioether (sulfide) groups is 1. The van der Waals surface area contributed by atoms with Crippen LogP contribution >= 0.6 is 11.8 Å². The van der Waals surface area contributed by atoms with Crippen molar-refractivity contribution in [2.75, 3.05) is 18.1 Å². The molecule has 104 valence electrons. The number of ether oxygens (including phenoxy) is 1. The smallest absolute Gasteiger partial charge is 0.306 e. The number of hydrogen-bond donors (Lipinski definition) is 2. The van der Waals surface area contributed by atoms with Crippen molar-refractivity contribution in [1.29, 1.82) is 0 Å². The Bertz CT molecular complexity index is 281. The molecule has 0 bridgehead atoms. The third kappa shape index (κ3) is 3.87. The fourth-order valence-electron chi connectivity index (χ4n) is 2.70. The maximum Gasteiger partial charge on any atom is 0.306 e. The van der Waals surface area contributed by atoms with Crippen molar-refractivity contribution < 1.29 is 19.7 Å². The fraction of sp³-hybridized carbons (Fsp3) is 0.923. The second kappa shape index (κ2) is 6.26. The van der Waals surface area contributed by atoms with Crippen LogP contribution in [0.1, 0.15) is 38.5 Å². The summed E-state index contributed by atoms with van der Waals surface area (Å²) in [5, 5.41) is 19.3. The van der Waals surface area contributed by atoms with Gasteiger partial charge in [0.2, 0.25) is 0 Å². The van der Waals surface area contributed by atoms with E-state index in [1.807, 2.05) is 0 Å². The third-order valence-corrected chi connectivity index (χ3v) is 5.31. The SMILES string of the molecule is O=C(O)C1CCC(O)(CSCC2CCCO2)CC1. The first-order valence-corrected chi connectivity index (χ1v) is 7.89. The number of carbonyl (C=O) groups is 1. The average molecular weight is 274 g/mol. The van der Waals surface area contributed by atoms with E-state index in [0.29, 0.717) is 37.5 Å². The highest BCUT2D eigenvalue weighted by molar-refractivity contribution is 7.99. The normalized spacial score (nSPS) is 36.7. The van der Waals surface area contributed by atoms with Gasteiger partial charge in [-0.15, -0.1) is 0 Å². The summed E-state index contributed by atoms with van der Waals surface area (Å²) >= 11 is 1.74. The zero-order chi connectivity index (χ0) is 13.0. The zero-order valence-corrected chi connectivity index (χ0v) is 11.5. The molecule has 0 aromatic heterocycles. The first kappa shape index (κ1) is 14.2. The lowest BCUT2D eigenvalue weighted by atomic mass is 9.80. The summed E-state index contributed by atoms with van der Waals surface area (Å²) in [7, 11) is 0. The number of aliphatic carboxylic acids is 1. The van der Waals surface area contributed by atoms with E-state index < -0.39 is 11.6 Å². The Labute approximate surface area is 112 Å². The Morgan fingerprint density at radius 3 is 2.61 bits per heavy atom. The van der Waals surface area contributed by atoms with Crippen LogP contribution in [0.2, 0.25) is 0 Å². The number of carboxylic acid groups (broad SMARTS) is 1. The molecule has 1 saturated heterocycles. The van der Waals surface area contributed by atoms with Crippen LogP contribution in [0.15, 0.2) is 0 Å². The van der Waals surface area contributed by atoms with Gasteiger partial charge in [-0.05, 0) is 38.5 Å². The molecule has 5 heteroatoms. The molecule has 0 aromatic rings. The molecule has 1 atom stereocenters. The largest absolute Gasteiger partial charge is 0.481 e. The van der Waals surface area contributed by atoms with Crippen LogP contribution < -0.4 is 0 Å². The highest BCUT2D eigenvalue weighted by atomic mass is 32.2. The summed E-state index contributed by atoms with van der Waals surface area (Å²) in [6.07, 6.45) is 5.07. The molecule has 2 rings (SSSR count). The quantitative estimate of drug-likeness (QED) is 0.801. The highest BCUT2D eigenvalue weighted by Crippen LogP contribution is 2.35. The van der Waals surface area contributed by atoms with Crippen LogP contribution in [0.3, 0.4) is 0 Å². The summed E-state index contributed by atoms with van der Waals surface area (Å²) in [6, 6.07) is 0.